The van der Waals surface area contributed by atoms with E-state index in [1.165, 1.54) is 17.4 Å². The molecule has 0 fully saturated rings. The van der Waals surface area contributed by atoms with Gasteiger partial charge in [0.1, 0.15) is 5.82 Å². The summed E-state index contributed by atoms with van der Waals surface area (Å²) >= 11 is 13.6. The van der Waals surface area contributed by atoms with Crippen LogP contribution in [0.1, 0.15) is 21.5 Å². The minimum Gasteiger partial charge on any atom is -0.478 e. The van der Waals surface area contributed by atoms with E-state index in [1.54, 1.807) is 48.5 Å². The summed E-state index contributed by atoms with van der Waals surface area (Å²) in [4.78, 5) is 17.8. The fourth-order valence-electron chi connectivity index (χ4n) is 3.23. The number of carbonyl (C=O) groups is 1. The van der Waals surface area contributed by atoms with Crippen LogP contribution >= 0.6 is 34.5 Å². The molecule has 1 heterocycles. The Bertz CT molecular complexity index is 1240. The minimum absolute atomic E-state index is 0.227. The number of anilines is 1. The molecule has 4 rings (SSSR count). The lowest BCUT2D eigenvalue weighted by molar-refractivity contribution is 0.0697. The number of nitrogens with zero attached hydrogens (tertiary/aromatic N) is 2. The Balaban J connectivity index is 1.63. The van der Waals surface area contributed by atoms with Gasteiger partial charge in [0.2, 0.25) is 0 Å². The molecule has 1 aromatic heterocycles. The van der Waals surface area contributed by atoms with Gasteiger partial charge in [-0.15, -0.1) is 0 Å². The van der Waals surface area contributed by atoms with Crippen LogP contribution in [0, 0.1) is 5.82 Å². The first kappa shape index (κ1) is 21.6. The SMILES string of the molecule is O=C(O)c1ccc(CN(CCc2ccc(Cl)cc2Cl)c2nc3cccc(F)c3s2)cc1. The number of thiazole rings is 1. The van der Waals surface area contributed by atoms with Gasteiger partial charge in [-0.1, -0.05) is 58.8 Å². The van der Waals surface area contributed by atoms with E-state index in [4.69, 9.17) is 28.3 Å². The Hall–Kier alpha value is -2.67. The molecule has 0 aliphatic rings. The maximum atomic E-state index is 14.2. The third-order valence-electron chi connectivity index (χ3n) is 4.87. The largest absolute Gasteiger partial charge is 0.478 e. The Labute approximate surface area is 192 Å². The minimum atomic E-state index is -0.970. The van der Waals surface area contributed by atoms with E-state index in [0.29, 0.717) is 44.9 Å². The first-order valence-corrected chi connectivity index (χ1v) is 11.0. The van der Waals surface area contributed by atoms with Crippen LogP contribution in [0.5, 0.6) is 0 Å². The zero-order valence-corrected chi connectivity index (χ0v) is 18.5. The highest BCUT2D eigenvalue weighted by Gasteiger charge is 2.16. The van der Waals surface area contributed by atoms with Crippen LogP contribution in [0.2, 0.25) is 10.0 Å². The van der Waals surface area contributed by atoms with Crippen LogP contribution in [0.15, 0.2) is 60.7 Å². The molecular weight excluding hydrogens is 458 g/mol. The maximum Gasteiger partial charge on any atom is 0.335 e. The van der Waals surface area contributed by atoms with Gasteiger partial charge in [0, 0.05) is 23.1 Å². The summed E-state index contributed by atoms with van der Waals surface area (Å²) < 4.78 is 14.7. The van der Waals surface area contributed by atoms with Crippen molar-refractivity contribution in [3.8, 4) is 0 Å². The summed E-state index contributed by atoms with van der Waals surface area (Å²) in [6, 6.07) is 16.9. The van der Waals surface area contributed by atoms with Gasteiger partial charge in [-0.25, -0.2) is 14.2 Å². The van der Waals surface area contributed by atoms with E-state index in [1.807, 2.05) is 11.0 Å². The molecule has 1 N–H and O–H groups in total. The highest BCUT2D eigenvalue weighted by molar-refractivity contribution is 7.22. The number of hydrogen-bond acceptors (Lipinski definition) is 4. The number of rotatable bonds is 7. The molecule has 0 radical (unpaired) electrons. The highest BCUT2D eigenvalue weighted by Crippen LogP contribution is 2.32. The number of carboxylic acids is 1. The second-order valence-corrected chi connectivity index (χ2v) is 8.82. The summed E-state index contributed by atoms with van der Waals surface area (Å²) in [6.45, 7) is 1.08. The van der Waals surface area contributed by atoms with Crippen molar-refractivity contribution in [1.29, 1.82) is 0 Å². The summed E-state index contributed by atoms with van der Waals surface area (Å²) in [5.74, 6) is -1.27. The Morgan fingerprint density at radius 1 is 1.10 bits per heavy atom. The first-order valence-electron chi connectivity index (χ1n) is 9.47. The number of benzene rings is 3. The van der Waals surface area contributed by atoms with Crippen LogP contribution in [-0.2, 0) is 13.0 Å². The van der Waals surface area contributed by atoms with E-state index in [-0.39, 0.29) is 11.4 Å². The quantitative estimate of drug-likeness (QED) is 0.324. The van der Waals surface area contributed by atoms with Crippen molar-refractivity contribution < 1.29 is 14.3 Å². The van der Waals surface area contributed by atoms with E-state index in [0.717, 1.165) is 11.1 Å². The molecule has 0 aliphatic carbocycles. The number of carboxylic acid groups (broad SMARTS) is 1. The standard InChI is InChI=1S/C23H17Cl2FN2O2S/c24-17-9-8-15(18(25)12-17)10-11-28(13-14-4-6-16(7-5-14)22(29)30)23-27-20-3-1-2-19(26)21(20)31-23/h1-9,12H,10-11,13H2,(H,29,30). The summed E-state index contributed by atoms with van der Waals surface area (Å²) in [5, 5.41) is 11.0. The summed E-state index contributed by atoms with van der Waals surface area (Å²) in [5.41, 5.74) is 2.71. The van der Waals surface area contributed by atoms with Crippen molar-refractivity contribution in [2.24, 2.45) is 0 Å². The fraction of sp³-hybridized carbons (Fsp3) is 0.130. The lowest BCUT2D eigenvalue weighted by Crippen LogP contribution is -2.25. The van der Waals surface area contributed by atoms with E-state index >= 15 is 0 Å². The summed E-state index contributed by atoms with van der Waals surface area (Å²) in [7, 11) is 0. The molecule has 0 saturated carbocycles. The first-order chi connectivity index (χ1) is 14.9. The molecule has 158 valence electrons. The maximum absolute atomic E-state index is 14.2. The number of aromatic carboxylic acids is 1. The van der Waals surface area contributed by atoms with Gasteiger partial charge in [-0.3, -0.25) is 0 Å². The third-order valence-corrected chi connectivity index (χ3v) is 6.59. The second kappa shape index (κ2) is 9.22. The number of aromatic nitrogens is 1. The smallest absolute Gasteiger partial charge is 0.335 e. The van der Waals surface area contributed by atoms with Crippen molar-refractivity contribution in [2.75, 3.05) is 11.4 Å². The Kier molecular flexibility index (Phi) is 6.41. The number of hydrogen-bond donors (Lipinski definition) is 1. The van der Waals surface area contributed by atoms with Crippen molar-refractivity contribution in [2.45, 2.75) is 13.0 Å². The second-order valence-electron chi connectivity index (χ2n) is 6.99. The van der Waals surface area contributed by atoms with Crippen LogP contribution in [0.4, 0.5) is 9.52 Å². The lowest BCUT2D eigenvalue weighted by Gasteiger charge is -2.22. The molecule has 8 heteroatoms. The van der Waals surface area contributed by atoms with Crippen LogP contribution in [0.25, 0.3) is 10.2 Å². The fourth-order valence-corrected chi connectivity index (χ4v) is 4.73. The lowest BCUT2D eigenvalue weighted by atomic mass is 10.1. The average Bonchev–Trinajstić information content (AvgIpc) is 3.18. The predicted molar refractivity (Wildman–Crippen MR) is 124 cm³/mol. The monoisotopic (exact) mass is 474 g/mol. The molecule has 0 amide bonds. The van der Waals surface area contributed by atoms with Gasteiger partial charge in [-0.05, 0) is 53.9 Å². The molecule has 4 nitrogen and oxygen atoms in total. The van der Waals surface area contributed by atoms with Gasteiger partial charge in [-0.2, -0.15) is 0 Å². The molecular formula is C23H17Cl2FN2O2S. The number of fused-ring (bicyclic) bond motifs is 1. The van der Waals surface area contributed by atoms with Crippen molar-refractivity contribution in [1.82, 2.24) is 4.98 Å². The van der Waals surface area contributed by atoms with E-state index in [9.17, 15) is 9.18 Å². The van der Waals surface area contributed by atoms with Gasteiger partial charge in [0.05, 0.1) is 15.8 Å². The van der Waals surface area contributed by atoms with Crippen molar-refractivity contribution in [3.63, 3.8) is 0 Å². The van der Waals surface area contributed by atoms with Gasteiger partial charge in [0.25, 0.3) is 0 Å². The van der Waals surface area contributed by atoms with E-state index in [2.05, 4.69) is 4.98 Å². The molecule has 31 heavy (non-hydrogen) atoms. The molecule has 3 aromatic carbocycles. The van der Waals surface area contributed by atoms with Gasteiger partial charge < -0.3 is 10.0 Å². The highest BCUT2D eigenvalue weighted by atomic mass is 35.5. The van der Waals surface area contributed by atoms with Crippen LogP contribution in [0.3, 0.4) is 0 Å². The van der Waals surface area contributed by atoms with Crippen LogP contribution < -0.4 is 4.90 Å². The molecule has 0 unspecified atom stereocenters. The zero-order valence-electron chi connectivity index (χ0n) is 16.2. The average molecular weight is 475 g/mol. The Morgan fingerprint density at radius 2 is 1.87 bits per heavy atom. The molecule has 0 spiro atoms. The zero-order chi connectivity index (χ0) is 22.0. The summed E-state index contributed by atoms with van der Waals surface area (Å²) in [6.07, 6.45) is 0.640. The molecule has 0 saturated heterocycles. The van der Waals surface area contributed by atoms with E-state index < -0.39 is 5.97 Å². The third kappa shape index (κ3) is 4.98. The van der Waals surface area contributed by atoms with Crippen LogP contribution in [-0.4, -0.2) is 22.6 Å². The van der Waals surface area contributed by atoms with Gasteiger partial charge >= 0.3 is 5.97 Å². The predicted octanol–water partition coefficient (Wildman–Crippen LogP) is 6.69. The van der Waals surface area contributed by atoms with Crippen molar-refractivity contribution in [3.05, 3.63) is 93.2 Å². The normalized spacial score (nSPS) is 11.1. The molecule has 0 atom stereocenters. The molecule has 4 aromatic rings. The van der Waals surface area contributed by atoms with Crippen molar-refractivity contribution >= 4 is 55.9 Å². The van der Waals surface area contributed by atoms with Gasteiger partial charge in [0.15, 0.2) is 5.13 Å². The molecule has 0 aliphatic heterocycles. The number of halogens is 3. The topological polar surface area (TPSA) is 53.4 Å². The molecule has 0 bridgehead atoms. The Morgan fingerprint density at radius 3 is 2.55 bits per heavy atom.